The third-order valence-corrected chi connectivity index (χ3v) is 6.79. The number of piperidine rings is 1. The van der Waals surface area contributed by atoms with E-state index in [0.29, 0.717) is 18.1 Å². The lowest BCUT2D eigenvalue weighted by atomic mass is 10.0. The van der Waals surface area contributed by atoms with Crippen LogP contribution in [0.3, 0.4) is 0 Å². The summed E-state index contributed by atoms with van der Waals surface area (Å²) in [6.07, 6.45) is 5.03. The van der Waals surface area contributed by atoms with E-state index in [1.165, 1.54) is 56.7 Å². The van der Waals surface area contributed by atoms with Crippen LogP contribution in [0.5, 0.6) is 0 Å². The summed E-state index contributed by atoms with van der Waals surface area (Å²) >= 11 is 1.86. The van der Waals surface area contributed by atoms with E-state index in [4.69, 9.17) is 4.99 Å². The number of likely N-dealkylation sites (tertiary alicyclic amines) is 2. The number of rotatable bonds is 7. The summed E-state index contributed by atoms with van der Waals surface area (Å²) in [6, 6.07) is 6.04. The predicted octanol–water partition coefficient (Wildman–Crippen LogP) is 3.93. The quantitative estimate of drug-likeness (QED) is 0.326. The average molecular weight is 520 g/mol. The molecule has 1 aromatic heterocycles. The summed E-state index contributed by atoms with van der Waals surface area (Å²) in [5.41, 5.74) is 0. The number of hydrogen-bond acceptors (Lipinski definition) is 4. The molecule has 0 bridgehead atoms. The van der Waals surface area contributed by atoms with Crippen molar-refractivity contribution in [3.05, 3.63) is 22.4 Å². The number of halogens is 1. The molecular formula is C21H38IN5S. The van der Waals surface area contributed by atoms with Gasteiger partial charge >= 0.3 is 0 Å². The smallest absolute Gasteiger partial charge is 0.191 e. The largest absolute Gasteiger partial charge is 0.357 e. The molecule has 2 N–H and O–H groups in total. The van der Waals surface area contributed by atoms with Crippen LogP contribution in [0.4, 0.5) is 0 Å². The van der Waals surface area contributed by atoms with Crippen LogP contribution in [0.25, 0.3) is 0 Å². The first-order valence-electron chi connectivity index (χ1n) is 10.7. The first kappa shape index (κ1) is 23.9. The van der Waals surface area contributed by atoms with Gasteiger partial charge in [-0.05, 0) is 71.0 Å². The molecule has 2 aliphatic rings. The molecule has 28 heavy (non-hydrogen) atoms. The van der Waals surface area contributed by atoms with Gasteiger partial charge in [0, 0.05) is 36.6 Å². The molecule has 0 saturated carbocycles. The Morgan fingerprint density at radius 3 is 2.46 bits per heavy atom. The van der Waals surface area contributed by atoms with Gasteiger partial charge in [-0.15, -0.1) is 35.3 Å². The molecule has 2 aliphatic heterocycles. The molecule has 0 aliphatic carbocycles. The summed E-state index contributed by atoms with van der Waals surface area (Å²) in [5, 5.41) is 9.36. The van der Waals surface area contributed by atoms with Crippen LogP contribution < -0.4 is 10.6 Å². The molecule has 7 heteroatoms. The van der Waals surface area contributed by atoms with E-state index in [1.54, 1.807) is 0 Å². The Labute approximate surface area is 192 Å². The van der Waals surface area contributed by atoms with Crippen LogP contribution >= 0.6 is 35.3 Å². The van der Waals surface area contributed by atoms with Crippen molar-refractivity contribution in [3.63, 3.8) is 0 Å². The number of nitrogens with zero attached hydrogens (tertiary/aromatic N) is 3. The van der Waals surface area contributed by atoms with Crippen LogP contribution in [0.2, 0.25) is 0 Å². The summed E-state index contributed by atoms with van der Waals surface area (Å²) in [7, 11) is 0. The number of aliphatic imine (C=N–C) groups is 1. The average Bonchev–Trinajstić information content (AvgIpc) is 3.37. The highest BCUT2D eigenvalue weighted by Crippen LogP contribution is 2.28. The third kappa shape index (κ3) is 6.85. The fourth-order valence-corrected chi connectivity index (χ4v) is 5.02. The minimum Gasteiger partial charge on any atom is -0.357 e. The lowest BCUT2D eigenvalue weighted by molar-refractivity contribution is 0.167. The molecule has 3 rings (SSSR count). The molecule has 1 unspecified atom stereocenters. The highest BCUT2D eigenvalue weighted by atomic mass is 127. The van der Waals surface area contributed by atoms with Gasteiger partial charge in [-0.25, -0.2) is 0 Å². The van der Waals surface area contributed by atoms with Crippen LogP contribution in [0, 0.1) is 0 Å². The second-order valence-corrected chi connectivity index (χ2v) is 9.02. The number of thiophene rings is 1. The second-order valence-electron chi connectivity index (χ2n) is 8.04. The molecular weight excluding hydrogens is 481 g/mol. The molecule has 0 amide bonds. The van der Waals surface area contributed by atoms with Gasteiger partial charge in [0.05, 0.1) is 12.6 Å². The summed E-state index contributed by atoms with van der Waals surface area (Å²) < 4.78 is 0. The topological polar surface area (TPSA) is 42.9 Å². The Bertz CT molecular complexity index is 563. The highest BCUT2D eigenvalue weighted by Gasteiger charge is 2.25. The van der Waals surface area contributed by atoms with Crippen molar-refractivity contribution in [3.8, 4) is 0 Å². The Kier molecular flexibility index (Phi) is 10.5. The van der Waals surface area contributed by atoms with Gasteiger partial charge in [-0.3, -0.25) is 9.89 Å². The van der Waals surface area contributed by atoms with E-state index in [0.717, 1.165) is 19.0 Å². The first-order chi connectivity index (χ1) is 13.2. The SMILES string of the molecule is CCNC(=NCC(c1cccs1)N1CCCC1)NC1CCN(C(C)C)CC1.I. The Balaban J connectivity index is 0.00000280. The van der Waals surface area contributed by atoms with Crippen molar-refractivity contribution in [2.75, 3.05) is 39.3 Å². The van der Waals surface area contributed by atoms with Gasteiger partial charge in [0.15, 0.2) is 5.96 Å². The van der Waals surface area contributed by atoms with E-state index in [-0.39, 0.29) is 24.0 Å². The van der Waals surface area contributed by atoms with Gasteiger partial charge in [-0.1, -0.05) is 6.07 Å². The minimum absolute atomic E-state index is 0. The highest BCUT2D eigenvalue weighted by molar-refractivity contribution is 14.0. The van der Waals surface area contributed by atoms with Crippen molar-refractivity contribution in [2.24, 2.45) is 4.99 Å². The Morgan fingerprint density at radius 2 is 1.89 bits per heavy atom. The lowest BCUT2D eigenvalue weighted by Crippen LogP contribution is -2.50. The fraction of sp³-hybridized carbons (Fsp3) is 0.762. The normalized spacial score (nSPS) is 20.9. The molecule has 3 heterocycles. The molecule has 0 radical (unpaired) electrons. The molecule has 2 fully saturated rings. The van der Waals surface area contributed by atoms with Gasteiger partial charge in [0.2, 0.25) is 0 Å². The van der Waals surface area contributed by atoms with Gasteiger partial charge < -0.3 is 15.5 Å². The van der Waals surface area contributed by atoms with Crippen molar-refractivity contribution in [1.29, 1.82) is 0 Å². The van der Waals surface area contributed by atoms with Crippen LogP contribution in [-0.4, -0.2) is 67.1 Å². The number of nitrogens with one attached hydrogen (secondary N) is 2. The molecule has 160 valence electrons. The molecule has 5 nitrogen and oxygen atoms in total. The zero-order valence-electron chi connectivity index (χ0n) is 17.7. The van der Waals surface area contributed by atoms with Gasteiger partial charge in [0.25, 0.3) is 0 Å². The standard InChI is InChI=1S/C21H37N5S.HI/c1-4-22-21(24-18-9-13-25(14-10-18)17(2)3)23-16-19(20-8-7-15-27-20)26-11-5-6-12-26;/h7-8,15,17-19H,4-6,9-14,16H2,1-3H3,(H2,22,23,24);1H. The molecule has 0 spiro atoms. The van der Waals surface area contributed by atoms with Crippen LogP contribution in [0.1, 0.15) is 57.4 Å². The maximum atomic E-state index is 5.01. The number of guanidine groups is 1. The van der Waals surface area contributed by atoms with Crippen molar-refractivity contribution in [2.45, 2.75) is 64.6 Å². The maximum absolute atomic E-state index is 5.01. The fourth-order valence-electron chi connectivity index (χ4n) is 4.17. The first-order valence-corrected chi connectivity index (χ1v) is 11.6. The third-order valence-electron chi connectivity index (χ3n) is 5.82. The predicted molar refractivity (Wildman–Crippen MR) is 132 cm³/mol. The minimum atomic E-state index is 0. The summed E-state index contributed by atoms with van der Waals surface area (Å²) in [6.45, 7) is 13.2. The van der Waals surface area contributed by atoms with Crippen LogP contribution in [0.15, 0.2) is 22.5 Å². The summed E-state index contributed by atoms with van der Waals surface area (Å²) in [4.78, 5) is 11.6. The zero-order valence-corrected chi connectivity index (χ0v) is 20.8. The molecule has 1 atom stereocenters. The van der Waals surface area contributed by atoms with Crippen molar-refractivity contribution < 1.29 is 0 Å². The van der Waals surface area contributed by atoms with E-state index < -0.39 is 0 Å². The zero-order chi connectivity index (χ0) is 19.1. The maximum Gasteiger partial charge on any atom is 0.191 e. The lowest BCUT2D eigenvalue weighted by Gasteiger charge is -2.35. The van der Waals surface area contributed by atoms with Crippen LogP contribution in [-0.2, 0) is 0 Å². The molecule has 0 aromatic carbocycles. The van der Waals surface area contributed by atoms with Crippen molar-refractivity contribution >= 4 is 41.3 Å². The number of hydrogen-bond donors (Lipinski definition) is 2. The van der Waals surface area contributed by atoms with E-state index in [9.17, 15) is 0 Å². The Hall–Kier alpha value is -0.380. The Morgan fingerprint density at radius 1 is 1.18 bits per heavy atom. The van der Waals surface area contributed by atoms with E-state index in [2.05, 4.69) is 58.7 Å². The molecule has 2 saturated heterocycles. The monoisotopic (exact) mass is 519 g/mol. The summed E-state index contributed by atoms with van der Waals surface area (Å²) in [5.74, 6) is 0.987. The van der Waals surface area contributed by atoms with Gasteiger partial charge in [0.1, 0.15) is 0 Å². The van der Waals surface area contributed by atoms with Gasteiger partial charge in [-0.2, -0.15) is 0 Å². The van der Waals surface area contributed by atoms with Crippen molar-refractivity contribution in [1.82, 2.24) is 20.4 Å². The van der Waals surface area contributed by atoms with E-state index in [1.807, 2.05) is 11.3 Å². The second kappa shape index (κ2) is 12.3. The van der Waals surface area contributed by atoms with E-state index >= 15 is 0 Å². The molecule has 1 aromatic rings.